The molecule has 0 aliphatic heterocycles. The monoisotopic (exact) mass is 373 g/mol. The topological polar surface area (TPSA) is 79.5 Å². The third-order valence-corrected chi connectivity index (χ3v) is 5.16. The van der Waals surface area contributed by atoms with E-state index in [0.717, 1.165) is 18.4 Å². The highest BCUT2D eigenvalue weighted by atomic mass is 79.9. The van der Waals surface area contributed by atoms with E-state index in [-0.39, 0.29) is 21.9 Å². The summed E-state index contributed by atoms with van der Waals surface area (Å²) in [6.07, 6.45) is 1.70. The number of hydrogen-bond donors (Lipinski definition) is 2. The van der Waals surface area contributed by atoms with Crippen molar-refractivity contribution in [2.24, 2.45) is 0 Å². The SMILES string of the molecule is CCCc1ccccc1NS(=O)(=O)c1cc(CO)oc1Br. The number of sulfonamides is 1. The van der Waals surface area contributed by atoms with Gasteiger partial charge in [0.15, 0.2) is 4.67 Å². The van der Waals surface area contributed by atoms with Crippen molar-refractivity contribution in [1.29, 1.82) is 0 Å². The van der Waals surface area contributed by atoms with E-state index in [1.807, 2.05) is 19.1 Å². The van der Waals surface area contributed by atoms with Gasteiger partial charge in [0.2, 0.25) is 0 Å². The number of aliphatic hydroxyl groups excluding tert-OH is 1. The van der Waals surface area contributed by atoms with E-state index >= 15 is 0 Å². The largest absolute Gasteiger partial charge is 0.450 e. The van der Waals surface area contributed by atoms with Crippen molar-refractivity contribution >= 4 is 31.6 Å². The van der Waals surface area contributed by atoms with Crippen LogP contribution in [0.25, 0.3) is 0 Å². The summed E-state index contributed by atoms with van der Waals surface area (Å²) in [7, 11) is -3.78. The number of halogens is 1. The Kier molecular flexibility index (Phi) is 5.08. The summed E-state index contributed by atoms with van der Waals surface area (Å²) in [5.74, 6) is 0.184. The minimum absolute atomic E-state index is 0.0298. The molecule has 0 amide bonds. The van der Waals surface area contributed by atoms with Crippen LogP contribution in [0.1, 0.15) is 24.7 Å². The average molecular weight is 374 g/mol. The van der Waals surface area contributed by atoms with Gasteiger partial charge in [0, 0.05) is 6.07 Å². The number of aliphatic hydroxyl groups is 1. The molecule has 0 saturated carbocycles. The summed E-state index contributed by atoms with van der Waals surface area (Å²) in [5, 5.41) is 9.02. The molecule has 2 N–H and O–H groups in total. The Bertz CT molecular complexity index is 724. The molecule has 0 aliphatic rings. The number of hydrogen-bond acceptors (Lipinski definition) is 4. The molecule has 21 heavy (non-hydrogen) atoms. The smallest absolute Gasteiger partial charge is 0.266 e. The Morgan fingerprint density at radius 1 is 1.33 bits per heavy atom. The van der Waals surface area contributed by atoms with E-state index in [0.29, 0.717) is 5.69 Å². The first-order valence-corrected chi connectivity index (χ1v) is 8.75. The molecule has 0 unspecified atom stereocenters. The van der Waals surface area contributed by atoms with Crippen molar-refractivity contribution < 1.29 is 17.9 Å². The van der Waals surface area contributed by atoms with Crippen LogP contribution in [0, 0.1) is 0 Å². The van der Waals surface area contributed by atoms with Crippen LogP contribution in [0.3, 0.4) is 0 Å². The molecule has 1 heterocycles. The van der Waals surface area contributed by atoms with Crippen molar-refractivity contribution in [3.63, 3.8) is 0 Å². The minimum atomic E-state index is -3.78. The summed E-state index contributed by atoms with van der Waals surface area (Å²) in [6, 6.07) is 8.57. The molecule has 1 aromatic heterocycles. The summed E-state index contributed by atoms with van der Waals surface area (Å²) in [5.41, 5.74) is 1.49. The number of benzene rings is 1. The molecule has 0 saturated heterocycles. The number of furan rings is 1. The van der Waals surface area contributed by atoms with E-state index in [1.165, 1.54) is 6.07 Å². The van der Waals surface area contributed by atoms with Gasteiger partial charge in [-0.25, -0.2) is 8.42 Å². The lowest BCUT2D eigenvalue weighted by atomic mass is 10.1. The molecule has 1 aromatic carbocycles. The third kappa shape index (κ3) is 3.66. The van der Waals surface area contributed by atoms with Crippen molar-refractivity contribution in [2.75, 3.05) is 4.72 Å². The Hall–Kier alpha value is -1.31. The fourth-order valence-electron chi connectivity index (χ4n) is 1.97. The van der Waals surface area contributed by atoms with Gasteiger partial charge in [0.25, 0.3) is 10.0 Å². The van der Waals surface area contributed by atoms with Gasteiger partial charge in [-0.1, -0.05) is 31.5 Å². The maximum Gasteiger partial charge on any atom is 0.266 e. The molecule has 0 bridgehead atoms. The highest BCUT2D eigenvalue weighted by molar-refractivity contribution is 9.10. The average Bonchev–Trinajstić information content (AvgIpc) is 2.83. The number of anilines is 1. The van der Waals surface area contributed by atoms with Crippen LogP contribution in [-0.4, -0.2) is 13.5 Å². The molecular formula is C14H16BrNO4S. The lowest BCUT2D eigenvalue weighted by molar-refractivity contribution is 0.245. The van der Waals surface area contributed by atoms with Crippen molar-refractivity contribution in [2.45, 2.75) is 31.3 Å². The first kappa shape index (κ1) is 16.1. The van der Waals surface area contributed by atoms with Crippen LogP contribution in [0.5, 0.6) is 0 Å². The number of aryl methyl sites for hydroxylation is 1. The summed E-state index contributed by atoms with van der Waals surface area (Å²) < 4.78 is 32.6. The fourth-order valence-corrected chi connectivity index (χ4v) is 4.07. The van der Waals surface area contributed by atoms with Gasteiger partial charge in [0.1, 0.15) is 17.3 Å². The molecule has 114 valence electrons. The third-order valence-electron chi connectivity index (χ3n) is 2.93. The second-order valence-corrected chi connectivity index (χ2v) is 6.89. The lowest BCUT2D eigenvalue weighted by Crippen LogP contribution is -2.14. The van der Waals surface area contributed by atoms with E-state index in [1.54, 1.807) is 12.1 Å². The minimum Gasteiger partial charge on any atom is -0.450 e. The Morgan fingerprint density at radius 3 is 2.67 bits per heavy atom. The van der Waals surface area contributed by atoms with Crippen LogP contribution in [0.4, 0.5) is 5.69 Å². The van der Waals surface area contributed by atoms with Crippen LogP contribution < -0.4 is 4.72 Å². The zero-order valence-electron chi connectivity index (χ0n) is 11.5. The maximum absolute atomic E-state index is 12.4. The fraction of sp³-hybridized carbons (Fsp3) is 0.286. The van der Waals surface area contributed by atoms with Crippen LogP contribution in [0.15, 0.2) is 44.3 Å². The lowest BCUT2D eigenvalue weighted by Gasteiger charge is -2.11. The normalized spacial score (nSPS) is 11.6. The highest BCUT2D eigenvalue weighted by Crippen LogP contribution is 2.29. The van der Waals surface area contributed by atoms with Crippen molar-refractivity contribution in [3.05, 3.63) is 46.3 Å². The molecule has 0 atom stereocenters. The molecule has 0 aliphatic carbocycles. The van der Waals surface area contributed by atoms with Gasteiger partial charge >= 0.3 is 0 Å². The molecule has 2 aromatic rings. The molecule has 0 radical (unpaired) electrons. The van der Waals surface area contributed by atoms with Gasteiger partial charge < -0.3 is 9.52 Å². The van der Waals surface area contributed by atoms with Crippen molar-refractivity contribution in [3.8, 4) is 0 Å². The summed E-state index contributed by atoms with van der Waals surface area (Å²) >= 11 is 3.06. The number of nitrogens with one attached hydrogen (secondary N) is 1. The summed E-state index contributed by atoms with van der Waals surface area (Å²) in [6.45, 7) is 1.67. The van der Waals surface area contributed by atoms with E-state index < -0.39 is 10.0 Å². The highest BCUT2D eigenvalue weighted by Gasteiger charge is 2.23. The molecule has 0 fully saturated rings. The maximum atomic E-state index is 12.4. The molecular weight excluding hydrogens is 358 g/mol. The van der Waals surface area contributed by atoms with E-state index in [2.05, 4.69) is 20.7 Å². The Balaban J connectivity index is 2.35. The van der Waals surface area contributed by atoms with Gasteiger partial charge in [-0.3, -0.25) is 4.72 Å². The number of para-hydroxylation sites is 1. The van der Waals surface area contributed by atoms with Crippen LogP contribution >= 0.6 is 15.9 Å². The van der Waals surface area contributed by atoms with Crippen molar-refractivity contribution in [1.82, 2.24) is 0 Å². The number of rotatable bonds is 6. The van der Waals surface area contributed by atoms with Crippen LogP contribution in [0.2, 0.25) is 0 Å². The molecule has 7 heteroatoms. The van der Waals surface area contributed by atoms with E-state index in [9.17, 15) is 8.42 Å². The van der Waals surface area contributed by atoms with Crippen LogP contribution in [-0.2, 0) is 23.1 Å². The van der Waals surface area contributed by atoms with Gasteiger partial charge in [-0.05, 0) is 34.0 Å². The zero-order chi connectivity index (χ0) is 15.5. The molecule has 2 rings (SSSR count). The first-order chi connectivity index (χ1) is 9.97. The first-order valence-electron chi connectivity index (χ1n) is 6.47. The van der Waals surface area contributed by atoms with Gasteiger partial charge in [-0.2, -0.15) is 0 Å². The standard InChI is InChI=1S/C14H16BrNO4S/c1-2-5-10-6-3-4-7-12(10)16-21(18,19)13-8-11(9-17)20-14(13)15/h3-4,6-8,16-17H,2,5,9H2,1H3. The second-order valence-electron chi connectivity index (χ2n) is 4.52. The zero-order valence-corrected chi connectivity index (χ0v) is 13.9. The Morgan fingerprint density at radius 2 is 2.05 bits per heavy atom. The molecule has 0 spiro atoms. The Labute approximate surface area is 132 Å². The molecule has 5 nitrogen and oxygen atoms in total. The second kappa shape index (κ2) is 6.64. The quantitative estimate of drug-likeness (QED) is 0.813. The summed E-state index contributed by atoms with van der Waals surface area (Å²) in [4.78, 5) is -0.0298. The predicted molar refractivity (Wildman–Crippen MR) is 83.6 cm³/mol. The van der Waals surface area contributed by atoms with E-state index in [4.69, 9.17) is 9.52 Å². The van der Waals surface area contributed by atoms with Gasteiger partial charge in [-0.15, -0.1) is 0 Å². The predicted octanol–water partition coefficient (Wildman–Crippen LogP) is 3.29. The van der Waals surface area contributed by atoms with Gasteiger partial charge in [0.05, 0.1) is 5.69 Å².